The highest BCUT2D eigenvalue weighted by Gasteiger charge is 2.43. The van der Waals surface area contributed by atoms with Crippen LogP contribution in [-0.2, 0) is 10.2 Å². The molecule has 3 heterocycles. The van der Waals surface area contributed by atoms with Gasteiger partial charge in [0.25, 0.3) is 12.3 Å². The lowest BCUT2D eigenvalue weighted by Crippen LogP contribution is -2.30. The third kappa shape index (κ3) is 4.66. The van der Waals surface area contributed by atoms with Gasteiger partial charge in [0.05, 0.1) is 29.1 Å². The normalized spacial score (nSPS) is 18.0. The van der Waals surface area contributed by atoms with Gasteiger partial charge in [0.2, 0.25) is 5.91 Å². The fourth-order valence-corrected chi connectivity index (χ4v) is 4.89. The van der Waals surface area contributed by atoms with E-state index in [2.05, 4.69) is 20.4 Å². The van der Waals surface area contributed by atoms with Gasteiger partial charge in [0, 0.05) is 36.3 Å². The number of aromatic nitrogens is 4. The van der Waals surface area contributed by atoms with E-state index in [1.165, 1.54) is 11.1 Å². The van der Waals surface area contributed by atoms with Crippen molar-refractivity contribution in [3.63, 3.8) is 0 Å². The number of halogens is 3. The average Bonchev–Trinajstić information content (AvgIpc) is 3.56. The third-order valence-electron chi connectivity index (χ3n) is 6.57. The van der Waals surface area contributed by atoms with Crippen molar-refractivity contribution >= 4 is 34.7 Å². The van der Waals surface area contributed by atoms with Gasteiger partial charge in [-0.1, -0.05) is 39.3 Å². The third-order valence-corrected chi connectivity index (χ3v) is 6.75. The second kappa shape index (κ2) is 9.72. The zero-order valence-corrected chi connectivity index (χ0v) is 21.6. The molecule has 0 aromatic carbocycles. The van der Waals surface area contributed by atoms with Crippen molar-refractivity contribution in [2.75, 3.05) is 12.4 Å². The van der Waals surface area contributed by atoms with Gasteiger partial charge in [0.1, 0.15) is 5.69 Å². The highest BCUT2D eigenvalue weighted by Crippen LogP contribution is 2.46. The van der Waals surface area contributed by atoms with E-state index < -0.39 is 29.2 Å². The number of hydrogen-bond acceptors (Lipinski definition) is 5. The van der Waals surface area contributed by atoms with Crippen molar-refractivity contribution in [2.24, 2.45) is 0 Å². The molecule has 0 saturated heterocycles. The van der Waals surface area contributed by atoms with Gasteiger partial charge in [-0.05, 0) is 25.3 Å². The lowest BCUT2D eigenvalue weighted by molar-refractivity contribution is -0.117. The predicted molar refractivity (Wildman–Crippen MR) is 133 cm³/mol. The van der Waals surface area contributed by atoms with Crippen molar-refractivity contribution in [1.29, 1.82) is 0 Å². The Morgan fingerprint density at radius 3 is 2.53 bits per heavy atom. The Labute approximate surface area is 213 Å². The van der Waals surface area contributed by atoms with Gasteiger partial charge in [0.15, 0.2) is 10.8 Å². The molecule has 0 radical (unpaired) electrons. The Morgan fingerprint density at radius 2 is 1.89 bits per heavy atom. The number of fused-ring (bicyclic) bond motifs is 3. The van der Waals surface area contributed by atoms with Crippen molar-refractivity contribution < 1.29 is 18.4 Å². The molecule has 192 valence electrons. The van der Waals surface area contributed by atoms with Gasteiger partial charge >= 0.3 is 0 Å². The summed E-state index contributed by atoms with van der Waals surface area (Å²) in [5.74, 6) is -1.49. The van der Waals surface area contributed by atoms with E-state index in [1.54, 1.807) is 23.8 Å². The first-order valence-electron chi connectivity index (χ1n) is 12.0. The summed E-state index contributed by atoms with van der Waals surface area (Å²) < 4.78 is 29.2. The van der Waals surface area contributed by atoms with Crippen LogP contribution in [0.2, 0.25) is 5.15 Å². The number of hydrogen-bond donors (Lipinski definition) is 1. The number of carbonyl (C=O) groups is 2. The maximum Gasteiger partial charge on any atom is 0.272 e. The van der Waals surface area contributed by atoms with E-state index in [1.807, 2.05) is 27.7 Å². The molecule has 36 heavy (non-hydrogen) atoms. The highest BCUT2D eigenvalue weighted by atomic mass is 35.5. The van der Waals surface area contributed by atoms with Crippen molar-refractivity contribution in [3.05, 3.63) is 52.2 Å². The van der Waals surface area contributed by atoms with E-state index in [9.17, 15) is 18.4 Å². The van der Waals surface area contributed by atoms with Crippen LogP contribution in [0.15, 0.2) is 24.5 Å². The standard InChI is InChI=1S/C23H23ClF2N6O2.C2H6/c1-23(2)8-14(15-10-27-17-7-16(24)30-32(17)19(15)23)21(33)29-11-6-13(20(25)26)18(28-9-11)22(34)31(3)12-4-5-12;1-2/h6-7,9-10,12,14,20H,4-5,8H2,1-3H3,(H,29,33);1-2H3. The first-order chi connectivity index (χ1) is 17.1. The largest absolute Gasteiger partial charge is 0.337 e. The van der Waals surface area contributed by atoms with Crippen LogP contribution in [0.5, 0.6) is 0 Å². The molecular weight excluding hydrogens is 490 g/mol. The number of pyridine rings is 1. The number of nitrogens with one attached hydrogen (secondary N) is 1. The van der Waals surface area contributed by atoms with E-state index in [0.717, 1.165) is 24.6 Å². The molecule has 8 nitrogen and oxygen atoms in total. The molecule has 1 saturated carbocycles. The van der Waals surface area contributed by atoms with E-state index in [0.29, 0.717) is 22.8 Å². The molecule has 3 aromatic rings. The maximum atomic E-state index is 13.8. The summed E-state index contributed by atoms with van der Waals surface area (Å²) >= 11 is 6.05. The molecule has 11 heteroatoms. The predicted octanol–water partition coefficient (Wildman–Crippen LogP) is 5.38. The molecule has 1 N–H and O–H groups in total. The molecule has 1 fully saturated rings. The van der Waals surface area contributed by atoms with Crippen LogP contribution in [-0.4, -0.2) is 49.4 Å². The fraction of sp³-hybridized carbons (Fsp3) is 0.480. The number of alkyl halides is 2. The minimum Gasteiger partial charge on any atom is -0.337 e. The van der Waals surface area contributed by atoms with Crippen LogP contribution in [0, 0.1) is 0 Å². The van der Waals surface area contributed by atoms with Crippen LogP contribution < -0.4 is 5.32 Å². The second-order valence-electron chi connectivity index (χ2n) is 9.54. The van der Waals surface area contributed by atoms with Gasteiger partial charge in [-0.3, -0.25) is 9.59 Å². The second-order valence-corrected chi connectivity index (χ2v) is 9.93. The smallest absolute Gasteiger partial charge is 0.272 e. The molecule has 2 aliphatic rings. The zero-order chi connectivity index (χ0) is 26.4. The summed E-state index contributed by atoms with van der Waals surface area (Å²) in [5, 5.41) is 7.31. The number of nitrogens with zero attached hydrogens (tertiary/aromatic N) is 5. The Hall–Kier alpha value is -3.14. The summed E-state index contributed by atoms with van der Waals surface area (Å²) in [4.78, 5) is 35.7. The molecule has 2 amide bonds. The lowest BCUT2D eigenvalue weighted by Gasteiger charge is -2.20. The van der Waals surface area contributed by atoms with Crippen LogP contribution >= 0.6 is 11.6 Å². The summed E-state index contributed by atoms with van der Waals surface area (Å²) in [6.45, 7) is 8.00. The van der Waals surface area contributed by atoms with Crippen molar-refractivity contribution in [3.8, 4) is 0 Å². The van der Waals surface area contributed by atoms with Crippen LogP contribution in [0.1, 0.15) is 86.6 Å². The number of rotatable bonds is 5. The molecular formula is C25H29ClF2N6O2. The van der Waals surface area contributed by atoms with Crippen molar-refractivity contribution in [2.45, 2.75) is 70.8 Å². The van der Waals surface area contributed by atoms with Gasteiger partial charge in [-0.2, -0.15) is 5.10 Å². The number of carbonyl (C=O) groups excluding carboxylic acids is 2. The molecule has 3 aromatic heterocycles. The van der Waals surface area contributed by atoms with Crippen LogP contribution in [0.4, 0.5) is 14.5 Å². The Balaban J connectivity index is 0.00000148. The molecule has 1 atom stereocenters. The minimum atomic E-state index is -2.91. The van der Waals surface area contributed by atoms with Gasteiger partial charge in [-0.15, -0.1) is 0 Å². The van der Waals surface area contributed by atoms with E-state index >= 15 is 0 Å². The van der Waals surface area contributed by atoms with Crippen LogP contribution in [0.3, 0.4) is 0 Å². The number of amides is 2. The lowest BCUT2D eigenvalue weighted by atomic mass is 9.88. The van der Waals surface area contributed by atoms with Crippen LogP contribution in [0.25, 0.3) is 5.65 Å². The van der Waals surface area contributed by atoms with Crippen molar-refractivity contribution in [1.82, 2.24) is 24.5 Å². The molecule has 0 aliphatic heterocycles. The summed E-state index contributed by atoms with van der Waals surface area (Å²) in [6, 6.07) is 2.83. The Bertz CT molecular complexity index is 1320. The fourth-order valence-electron chi connectivity index (χ4n) is 4.72. The van der Waals surface area contributed by atoms with E-state index in [4.69, 9.17) is 11.6 Å². The summed E-state index contributed by atoms with van der Waals surface area (Å²) in [7, 11) is 1.59. The first kappa shape index (κ1) is 25.9. The topological polar surface area (TPSA) is 92.5 Å². The molecule has 2 aliphatic carbocycles. The quantitative estimate of drug-likeness (QED) is 0.489. The molecule has 0 bridgehead atoms. The summed E-state index contributed by atoms with van der Waals surface area (Å²) in [6.07, 6.45) is 2.15. The Kier molecular flexibility index (Phi) is 7.01. The zero-order valence-electron chi connectivity index (χ0n) is 20.8. The molecule has 5 rings (SSSR count). The Morgan fingerprint density at radius 1 is 1.19 bits per heavy atom. The van der Waals surface area contributed by atoms with Gasteiger partial charge < -0.3 is 10.2 Å². The maximum absolute atomic E-state index is 13.8. The molecule has 0 spiro atoms. The molecule has 1 unspecified atom stereocenters. The average molecular weight is 519 g/mol. The monoisotopic (exact) mass is 518 g/mol. The number of anilines is 1. The van der Waals surface area contributed by atoms with Gasteiger partial charge in [-0.25, -0.2) is 23.3 Å². The first-order valence-corrected chi connectivity index (χ1v) is 12.4. The SMILES string of the molecule is CC.CN(C(=O)c1ncc(NC(=O)C2CC(C)(C)c3c2cnc2cc(Cl)nn32)cc1C(F)F)C1CC1. The summed E-state index contributed by atoms with van der Waals surface area (Å²) in [5.41, 5.74) is 1.03. The highest BCUT2D eigenvalue weighted by molar-refractivity contribution is 6.29. The van der Waals surface area contributed by atoms with E-state index in [-0.39, 0.29) is 23.3 Å². The minimum absolute atomic E-state index is 0.0646.